The van der Waals surface area contributed by atoms with Crippen molar-refractivity contribution >= 4 is 11.8 Å². The van der Waals surface area contributed by atoms with Crippen LogP contribution in [0.3, 0.4) is 0 Å². The van der Waals surface area contributed by atoms with Crippen LogP contribution in [0.1, 0.15) is 47.0 Å². The molecular weight excluding hydrogens is 240 g/mol. The van der Waals surface area contributed by atoms with Gasteiger partial charge in [0.05, 0.1) is 0 Å². The van der Waals surface area contributed by atoms with E-state index in [9.17, 15) is 9.59 Å². The smallest absolute Gasteiger partial charge is 0.226 e. The van der Waals surface area contributed by atoms with E-state index in [0.717, 1.165) is 19.3 Å². The van der Waals surface area contributed by atoms with E-state index in [0.29, 0.717) is 0 Å². The normalized spacial score (nSPS) is 22.9. The number of hydrogen-bond acceptors (Lipinski definition) is 2. The zero-order valence-electron chi connectivity index (χ0n) is 13.1. The molecular formula is C15H28N2O2. The van der Waals surface area contributed by atoms with Crippen LogP contribution in [0, 0.1) is 11.8 Å². The molecule has 0 spiro atoms. The maximum Gasteiger partial charge on any atom is 0.226 e. The molecule has 19 heavy (non-hydrogen) atoms. The average Bonchev–Trinajstić information content (AvgIpc) is 2.83. The Hall–Kier alpha value is -1.06. The third kappa shape index (κ3) is 3.48. The summed E-state index contributed by atoms with van der Waals surface area (Å²) < 4.78 is 0. The number of carbonyl (C=O) groups is 2. The van der Waals surface area contributed by atoms with Crippen LogP contribution in [0.4, 0.5) is 0 Å². The molecule has 0 aromatic heterocycles. The van der Waals surface area contributed by atoms with E-state index >= 15 is 0 Å². The predicted octanol–water partition coefficient (Wildman–Crippen LogP) is 2.14. The number of nitrogens with zero attached hydrogens (tertiary/aromatic N) is 2. The molecule has 0 aliphatic heterocycles. The van der Waals surface area contributed by atoms with Gasteiger partial charge in [0.15, 0.2) is 0 Å². The first-order valence-corrected chi connectivity index (χ1v) is 7.30. The van der Waals surface area contributed by atoms with Crippen molar-refractivity contribution in [1.82, 2.24) is 9.80 Å². The molecule has 4 nitrogen and oxygen atoms in total. The lowest BCUT2D eigenvalue weighted by atomic mass is 9.92. The summed E-state index contributed by atoms with van der Waals surface area (Å²) in [5, 5.41) is 0. The van der Waals surface area contributed by atoms with E-state index in [1.165, 1.54) is 0 Å². The van der Waals surface area contributed by atoms with Crippen molar-refractivity contribution in [2.75, 3.05) is 14.1 Å². The number of hydrogen-bond donors (Lipinski definition) is 0. The third-order valence-corrected chi connectivity index (χ3v) is 4.39. The predicted molar refractivity (Wildman–Crippen MR) is 76.6 cm³/mol. The Bertz CT molecular complexity index is 307. The van der Waals surface area contributed by atoms with E-state index in [1.807, 2.05) is 41.8 Å². The van der Waals surface area contributed by atoms with Gasteiger partial charge in [0.1, 0.15) is 0 Å². The van der Waals surface area contributed by atoms with Crippen molar-refractivity contribution in [3.05, 3.63) is 0 Å². The van der Waals surface area contributed by atoms with Crippen LogP contribution in [0.2, 0.25) is 0 Å². The van der Waals surface area contributed by atoms with Crippen molar-refractivity contribution in [2.24, 2.45) is 11.8 Å². The summed E-state index contributed by atoms with van der Waals surface area (Å²) in [4.78, 5) is 28.4. The lowest BCUT2D eigenvalue weighted by Crippen LogP contribution is -2.44. The quantitative estimate of drug-likeness (QED) is 0.784. The molecule has 2 amide bonds. The van der Waals surface area contributed by atoms with Crippen LogP contribution in [0.25, 0.3) is 0 Å². The SMILES string of the molecule is CC(C)N(C)C(=O)[C@H]1CCC[C@H]1C(=O)N(C)C(C)C. The first-order chi connectivity index (χ1) is 8.77. The fourth-order valence-electron chi connectivity index (χ4n) is 2.58. The molecule has 0 aromatic rings. The van der Waals surface area contributed by atoms with Gasteiger partial charge in [-0.3, -0.25) is 9.59 Å². The van der Waals surface area contributed by atoms with Crippen molar-refractivity contribution in [3.8, 4) is 0 Å². The fourth-order valence-corrected chi connectivity index (χ4v) is 2.58. The molecule has 1 saturated carbocycles. The number of amides is 2. The van der Waals surface area contributed by atoms with Crippen LogP contribution in [0.15, 0.2) is 0 Å². The minimum atomic E-state index is -0.124. The van der Waals surface area contributed by atoms with Gasteiger partial charge in [-0.1, -0.05) is 6.42 Å². The van der Waals surface area contributed by atoms with E-state index in [4.69, 9.17) is 0 Å². The van der Waals surface area contributed by atoms with Gasteiger partial charge in [0, 0.05) is 38.0 Å². The Morgan fingerprint density at radius 1 is 0.842 bits per heavy atom. The van der Waals surface area contributed by atoms with Gasteiger partial charge in [-0.25, -0.2) is 0 Å². The molecule has 110 valence electrons. The minimum Gasteiger partial charge on any atom is -0.343 e. The molecule has 0 bridgehead atoms. The van der Waals surface area contributed by atoms with Crippen LogP contribution >= 0.6 is 0 Å². The fraction of sp³-hybridized carbons (Fsp3) is 0.867. The lowest BCUT2D eigenvalue weighted by molar-refractivity contribution is -0.145. The number of carbonyl (C=O) groups excluding carboxylic acids is 2. The molecule has 0 N–H and O–H groups in total. The highest BCUT2D eigenvalue weighted by atomic mass is 16.2. The highest BCUT2D eigenvalue weighted by molar-refractivity contribution is 5.88. The topological polar surface area (TPSA) is 40.6 Å². The lowest BCUT2D eigenvalue weighted by Gasteiger charge is -2.30. The Morgan fingerprint density at radius 2 is 1.16 bits per heavy atom. The molecule has 0 aromatic carbocycles. The number of rotatable bonds is 4. The molecule has 4 heteroatoms. The summed E-state index contributed by atoms with van der Waals surface area (Å²) >= 11 is 0. The summed E-state index contributed by atoms with van der Waals surface area (Å²) in [5.41, 5.74) is 0. The van der Waals surface area contributed by atoms with E-state index in [-0.39, 0.29) is 35.7 Å². The first kappa shape index (κ1) is 16.0. The second-order valence-corrected chi connectivity index (χ2v) is 6.23. The van der Waals surface area contributed by atoms with Gasteiger partial charge in [-0.15, -0.1) is 0 Å². The summed E-state index contributed by atoms with van der Waals surface area (Å²) in [6.45, 7) is 8.02. The van der Waals surface area contributed by atoms with Crippen LogP contribution in [0.5, 0.6) is 0 Å². The second-order valence-electron chi connectivity index (χ2n) is 6.23. The molecule has 0 unspecified atom stereocenters. The van der Waals surface area contributed by atoms with E-state index < -0.39 is 0 Å². The summed E-state index contributed by atoms with van der Waals surface area (Å²) in [5.74, 6) is 0.00760. The zero-order chi connectivity index (χ0) is 14.7. The summed E-state index contributed by atoms with van der Waals surface area (Å²) in [6.07, 6.45) is 2.67. The Labute approximate surface area is 117 Å². The van der Waals surface area contributed by atoms with Crippen LogP contribution < -0.4 is 0 Å². The maximum absolute atomic E-state index is 12.4. The van der Waals surface area contributed by atoms with Gasteiger partial charge in [0.2, 0.25) is 11.8 Å². The van der Waals surface area contributed by atoms with Gasteiger partial charge >= 0.3 is 0 Å². The van der Waals surface area contributed by atoms with Gasteiger partial charge in [-0.2, -0.15) is 0 Å². The highest BCUT2D eigenvalue weighted by Gasteiger charge is 2.40. The monoisotopic (exact) mass is 268 g/mol. The van der Waals surface area contributed by atoms with E-state index in [1.54, 1.807) is 9.80 Å². The van der Waals surface area contributed by atoms with Crippen molar-refractivity contribution < 1.29 is 9.59 Å². The van der Waals surface area contributed by atoms with Gasteiger partial charge in [0.25, 0.3) is 0 Å². The van der Waals surface area contributed by atoms with Crippen molar-refractivity contribution in [1.29, 1.82) is 0 Å². The molecule has 1 rings (SSSR count). The van der Waals surface area contributed by atoms with Crippen LogP contribution in [-0.2, 0) is 9.59 Å². The maximum atomic E-state index is 12.4. The average molecular weight is 268 g/mol. The second kappa shape index (κ2) is 6.40. The highest BCUT2D eigenvalue weighted by Crippen LogP contribution is 2.34. The molecule has 1 fully saturated rings. The molecule has 0 saturated heterocycles. The van der Waals surface area contributed by atoms with Crippen molar-refractivity contribution in [3.63, 3.8) is 0 Å². The Morgan fingerprint density at radius 3 is 1.42 bits per heavy atom. The summed E-state index contributed by atoms with van der Waals surface area (Å²) in [7, 11) is 3.66. The Kier molecular flexibility index (Phi) is 5.39. The molecule has 2 atom stereocenters. The van der Waals surface area contributed by atoms with Crippen molar-refractivity contribution in [2.45, 2.75) is 59.0 Å². The zero-order valence-corrected chi connectivity index (χ0v) is 13.1. The molecule has 1 aliphatic carbocycles. The Balaban J connectivity index is 2.79. The molecule has 0 heterocycles. The van der Waals surface area contributed by atoms with Crippen LogP contribution in [-0.4, -0.2) is 47.8 Å². The molecule has 0 radical (unpaired) electrons. The summed E-state index contributed by atoms with van der Waals surface area (Å²) in [6, 6.07) is 0.373. The van der Waals surface area contributed by atoms with Gasteiger partial charge in [-0.05, 0) is 40.5 Å². The van der Waals surface area contributed by atoms with Gasteiger partial charge < -0.3 is 9.80 Å². The largest absolute Gasteiger partial charge is 0.343 e. The third-order valence-electron chi connectivity index (χ3n) is 4.39. The minimum absolute atomic E-state index is 0.124. The first-order valence-electron chi connectivity index (χ1n) is 7.30. The standard InChI is InChI=1S/C15H28N2O2/c1-10(2)16(5)14(18)12-8-7-9-13(12)15(19)17(6)11(3)4/h10-13H,7-9H2,1-6H3/t12-,13+. The molecule has 1 aliphatic rings. The van der Waals surface area contributed by atoms with E-state index in [2.05, 4.69) is 0 Å².